The van der Waals surface area contributed by atoms with Crippen molar-refractivity contribution in [3.8, 4) is 0 Å². The summed E-state index contributed by atoms with van der Waals surface area (Å²) in [7, 11) is 0. The minimum Gasteiger partial charge on any atom is -0.353 e. The fraction of sp³-hybridized carbons (Fsp3) is 0.533. The number of benzene rings is 1. The summed E-state index contributed by atoms with van der Waals surface area (Å²) in [5.74, 6) is 2.33. The van der Waals surface area contributed by atoms with E-state index in [1.807, 2.05) is 23.9 Å². The van der Waals surface area contributed by atoms with Crippen molar-refractivity contribution in [3.05, 3.63) is 34.3 Å². The number of carbonyl (C=O) groups is 1. The van der Waals surface area contributed by atoms with Gasteiger partial charge in [-0.25, -0.2) is 0 Å². The Kier molecular flexibility index (Phi) is 8.71. The van der Waals surface area contributed by atoms with E-state index in [4.69, 9.17) is 0 Å². The maximum Gasteiger partial charge on any atom is 0.221 e. The molecule has 3 nitrogen and oxygen atoms in total. The molecule has 118 valence electrons. The molecule has 2 atom stereocenters. The summed E-state index contributed by atoms with van der Waals surface area (Å²) < 4.78 is 1.08. The van der Waals surface area contributed by atoms with Gasteiger partial charge in [-0.15, -0.1) is 12.4 Å². The smallest absolute Gasteiger partial charge is 0.221 e. The molecule has 2 unspecified atom stereocenters. The molecule has 1 heterocycles. The lowest BCUT2D eigenvalue weighted by Gasteiger charge is -2.23. The van der Waals surface area contributed by atoms with Crippen LogP contribution in [-0.2, 0) is 11.2 Å². The van der Waals surface area contributed by atoms with E-state index in [1.54, 1.807) is 0 Å². The van der Waals surface area contributed by atoms with Crippen molar-refractivity contribution in [2.24, 2.45) is 0 Å². The van der Waals surface area contributed by atoms with Gasteiger partial charge in [-0.1, -0.05) is 28.1 Å². The second-order valence-corrected chi connectivity index (χ2v) is 7.29. The molecule has 1 aromatic rings. The minimum atomic E-state index is 0. The average molecular weight is 394 g/mol. The Hall–Kier alpha value is -0.230. The molecule has 1 aliphatic rings. The van der Waals surface area contributed by atoms with E-state index in [0.29, 0.717) is 12.5 Å². The van der Waals surface area contributed by atoms with Crippen LogP contribution in [0.2, 0.25) is 0 Å². The summed E-state index contributed by atoms with van der Waals surface area (Å²) >= 11 is 5.35. The highest BCUT2D eigenvalue weighted by Crippen LogP contribution is 2.13. The highest BCUT2D eigenvalue weighted by Gasteiger charge is 2.17. The maximum atomic E-state index is 12.0. The number of halogens is 2. The Labute approximate surface area is 145 Å². The zero-order chi connectivity index (χ0) is 14.4. The van der Waals surface area contributed by atoms with Gasteiger partial charge in [0, 0.05) is 41.0 Å². The lowest BCUT2D eigenvalue weighted by atomic mass is 10.1. The van der Waals surface area contributed by atoms with Crippen LogP contribution in [0.25, 0.3) is 0 Å². The molecule has 2 N–H and O–H groups in total. The second kappa shape index (κ2) is 9.72. The van der Waals surface area contributed by atoms with E-state index in [1.165, 1.54) is 5.56 Å². The van der Waals surface area contributed by atoms with E-state index in [-0.39, 0.29) is 24.4 Å². The van der Waals surface area contributed by atoms with Crippen molar-refractivity contribution < 1.29 is 4.79 Å². The molecular formula is C15H22BrClN2OS. The normalized spacial score (nSPS) is 19.4. The van der Waals surface area contributed by atoms with Gasteiger partial charge in [0.15, 0.2) is 0 Å². The van der Waals surface area contributed by atoms with Gasteiger partial charge in [0.05, 0.1) is 0 Å². The van der Waals surface area contributed by atoms with E-state index in [2.05, 4.69) is 45.6 Å². The molecule has 0 bridgehead atoms. The first-order valence-electron chi connectivity index (χ1n) is 6.98. The summed E-state index contributed by atoms with van der Waals surface area (Å²) in [6, 6.07) is 8.74. The number of hydrogen-bond donors (Lipinski definition) is 2. The molecule has 1 fully saturated rings. The van der Waals surface area contributed by atoms with Crippen LogP contribution < -0.4 is 10.6 Å². The van der Waals surface area contributed by atoms with Crippen LogP contribution in [0.3, 0.4) is 0 Å². The van der Waals surface area contributed by atoms with Crippen molar-refractivity contribution >= 4 is 46.0 Å². The van der Waals surface area contributed by atoms with Gasteiger partial charge in [-0.05, 0) is 31.0 Å². The third-order valence-electron chi connectivity index (χ3n) is 3.29. The molecule has 0 aliphatic carbocycles. The van der Waals surface area contributed by atoms with Crippen LogP contribution in [0, 0.1) is 0 Å². The molecule has 6 heteroatoms. The Morgan fingerprint density at radius 2 is 2.19 bits per heavy atom. The summed E-state index contributed by atoms with van der Waals surface area (Å²) in [5.41, 5.74) is 1.24. The van der Waals surface area contributed by atoms with Gasteiger partial charge in [-0.3, -0.25) is 4.79 Å². The van der Waals surface area contributed by atoms with Gasteiger partial charge in [-0.2, -0.15) is 11.8 Å². The van der Waals surface area contributed by atoms with Crippen LogP contribution in [0.1, 0.15) is 18.9 Å². The number of rotatable bonds is 5. The third kappa shape index (κ3) is 7.04. The van der Waals surface area contributed by atoms with Crippen molar-refractivity contribution in [3.63, 3.8) is 0 Å². The summed E-state index contributed by atoms with van der Waals surface area (Å²) in [4.78, 5) is 12.0. The molecule has 0 saturated carbocycles. The van der Waals surface area contributed by atoms with Gasteiger partial charge in [0.1, 0.15) is 0 Å². The molecule has 0 radical (unpaired) electrons. The van der Waals surface area contributed by atoms with Crippen LogP contribution >= 0.6 is 40.1 Å². The molecular weight excluding hydrogens is 372 g/mol. The fourth-order valence-electron chi connectivity index (χ4n) is 2.33. The molecule has 1 aromatic carbocycles. The van der Waals surface area contributed by atoms with Gasteiger partial charge in [0.2, 0.25) is 5.91 Å². The molecule has 21 heavy (non-hydrogen) atoms. The number of amides is 1. The zero-order valence-corrected chi connectivity index (χ0v) is 15.3. The maximum absolute atomic E-state index is 12.0. The first-order valence-corrected chi connectivity index (χ1v) is 8.93. The summed E-state index contributed by atoms with van der Waals surface area (Å²) in [6.07, 6.45) is 1.45. The van der Waals surface area contributed by atoms with Crippen molar-refractivity contribution in [1.82, 2.24) is 10.6 Å². The van der Waals surface area contributed by atoms with E-state index < -0.39 is 0 Å². The van der Waals surface area contributed by atoms with Crippen LogP contribution in [0.4, 0.5) is 0 Å². The Morgan fingerprint density at radius 1 is 1.48 bits per heavy atom. The Morgan fingerprint density at radius 3 is 2.81 bits per heavy atom. The first-order chi connectivity index (χ1) is 9.63. The first kappa shape index (κ1) is 18.8. The summed E-state index contributed by atoms with van der Waals surface area (Å²) in [6.45, 7) is 3.07. The molecule has 1 amide bonds. The zero-order valence-electron chi connectivity index (χ0n) is 12.1. The second-order valence-electron chi connectivity index (χ2n) is 5.23. The Bertz CT molecular complexity index is 438. The lowest BCUT2D eigenvalue weighted by molar-refractivity contribution is -0.122. The lowest BCUT2D eigenvalue weighted by Crippen LogP contribution is -2.43. The highest BCUT2D eigenvalue weighted by atomic mass is 79.9. The van der Waals surface area contributed by atoms with Crippen molar-refractivity contribution in [2.45, 2.75) is 31.8 Å². The van der Waals surface area contributed by atoms with E-state index in [0.717, 1.165) is 28.9 Å². The van der Waals surface area contributed by atoms with E-state index >= 15 is 0 Å². The molecule has 0 spiro atoms. The van der Waals surface area contributed by atoms with Crippen LogP contribution in [0.15, 0.2) is 28.7 Å². The van der Waals surface area contributed by atoms with E-state index in [9.17, 15) is 4.79 Å². The topological polar surface area (TPSA) is 41.1 Å². The Balaban J connectivity index is 0.00000220. The molecule has 1 saturated heterocycles. The molecule has 1 aliphatic heterocycles. The standard InChI is InChI=1S/C15H21BrN2OS.ClH/c1-11(8-12-2-4-13(16)5-3-12)18-15(19)9-14-10-20-7-6-17-14;/h2-5,11,14,17H,6-10H2,1H3,(H,18,19);1H. The quantitative estimate of drug-likeness (QED) is 0.808. The predicted molar refractivity (Wildman–Crippen MR) is 96.4 cm³/mol. The number of nitrogens with one attached hydrogen (secondary N) is 2. The average Bonchev–Trinajstić information content (AvgIpc) is 2.42. The number of hydrogen-bond acceptors (Lipinski definition) is 3. The van der Waals surface area contributed by atoms with Gasteiger partial charge < -0.3 is 10.6 Å². The molecule has 0 aromatic heterocycles. The highest BCUT2D eigenvalue weighted by molar-refractivity contribution is 9.10. The van der Waals surface area contributed by atoms with Gasteiger partial charge in [0.25, 0.3) is 0 Å². The predicted octanol–water partition coefficient (Wildman–Crippen LogP) is 3.01. The largest absolute Gasteiger partial charge is 0.353 e. The summed E-state index contributed by atoms with van der Waals surface area (Å²) in [5, 5.41) is 6.48. The fourth-order valence-corrected chi connectivity index (χ4v) is 3.55. The number of thioether (sulfide) groups is 1. The minimum absolute atomic E-state index is 0. The monoisotopic (exact) mass is 392 g/mol. The SMILES string of the molecule is CC(Cc1ccc(Br)cc1)NC(=O)CC1CSCCN1.Cl. The third-order valence-corrected chi connectivity index (χ3v) is 4.95. The van der Waals surface area contributed by atoms with Gasteiger partial charge >= 0.3 is 0 Å². The van der Waals surface area contributed by atoms with Crippen molar-refractivity contribution in [1.29, 1.82) is 0 Å². The van der Waals surface area contributed by atoms with Crippen LogP contribution in [-0.4, -0.2) is 36.0 Å². The number of carbonyl (C=O) groups excluding carboxylic acids is 1. The van der Waals surface area contributed by atoms with Crippen molar-refractivity contribution in [2.75, 3.05) is 18.1 Å². The van der Waals surface area contributed by atoms with Crippen LogP contribution in [0.5, 0.6) is 0 Å². The molecule has 2 rings (SSSR count).